The van der Waals surface area contributed by atoms with Crippen LogP contribution in [0, 0.1) is 35.3 Å². The van der Waals surface area contributed by atoms with Gasteiger partial charge in [0.15, 0.2) is 0 Å². The van der Waals surface area contributed by atoms with Crippen molar-refractivity contribution in [3.8, 4) is 0 Å². The minimum Gasteiger partial charge on any atom is -0.479 e. The molecular formula is C66H84F2N6O18. The number of halogens is 2. The third-order valence-corrected chi connectivity index (χ3v) is 17.5. The molecule has 6 amide bonds. The summed E-state index contributed by atoms with van der Waals surface area (Å²) in [7, 11) is 0. The number of rotatable bonds is 9. The van der Waals surface area contributed by atoms with Gasteiger partial charge in [-0.2, -0.15) is 0 Å². The Morgan fingerprint density at radius 1 is 0.620 bits per heavy atom. The molecule has 8 aliphatic rings. The molecule has 2 aromatic carbocycles. The van der Waals surface area contributed by atoms with Crippen LogP contribution in [0.25, 0.3) is 0 Å². The van der Waals surface area contributed by atoms with Crippen LogP contribution in [0.15, 0.2) is 60.7 Å². The molecule has 0 spiro atoms. The summed E-state index contributed by atoms with van der Waals surface area (Å²) in [4.78, 5) is 139. The van der Waals surface area contributed by atoms with Crippen LogP contribution in [0.4, 0.5) is 18.4 Å². The first-order chi connectivity index (χ1) is 43.6. The number of hydrogen-bond donors (Lipinski definition) is 3. The topological polar surface area (TPSA) is 293 Å². The molecule has 92 heavy (non-hydrogen) atoms. The molecule has 6 heterocycles. The fraction of sp³-hybridized carbons (Fsp3) is 0.606. The molecule has 24 nitrogen and oxygen atoms in total. The summed E-state index contributed by atoms with van der Waals surface area (Å²) in [6.07, 6.45) is 5.49. The SMILES string of the molecule is CC(C)(C)OC(=O)C[C@H]1CCOCC/C=C\[C@@H]2C[C@@]2(C(=O)O)NC(=O)[C@@H]2C[C@@H](OC(=O)N3Cc4cccc(F)c4C3)CN2C1=O.CCOC(=O)[C@@]12C[C@H]1/C=C\CCOCC[C@H](CC(=O)OC(C)(C)C)C(=O)N1C[C@H](OC(=O)N3Cc4cccc(F)c4C3)C[C@H]1C(=O)N2. The Hall–Kier alpha value is -8.00. The Kier molecular flexibility index (Phi) is 21.2. The standard InChI is InChI=1S/C34H44FN3O9.C32H40FN3O9/c1-5-45-31(42)34-17-23(34)10-6-7-13-44-14-12-21(15-28(39)47-33(2,3)4)30(41)38-19-24(16-27(38)29(40)36-34)46-32(43)37-18-22-9-8-11-26(35)25(22)20-37;1-31(2,3)45-26(37)13-19-10-12-43-11-5-4-8-21-15-32(21,29(40)41)34-27(38)25-14-22(17-36(25)28(19)39)44-30(42)35-16-20-7-6-9-24(33)23(20)18-35/h6,8-11,21,23-24,27H,5,7,12-20H2,1-4H3,(H,36,40);4,6-9,19,21-22,25H,5,10-18H2,1-3H3,(H,34,38)(H,40,41)/b10-6-;8-4-/t21-,23-,24-,27+,34-;19-,21-,22-,25+,32-/m11/s1. The average molecular weight is 1290 g/mol. The fourth-order valence-electron chi connectivity index (χ4n) is 12.7. The molecule has 4 fully saturated rings. The van der Waals surface area contributed by atoms with E-state index in [2.05, 4.69) is 10.6 Å². The maximum Gasteiger partial charge on any atom is 0.410 e. The highest BCUT2D eigenvalue weighted by atomic mass is 19.1. The molecule has 0 bridgehead atoms. The van der Waals surface area contributed by atoms with Crippen LogP contribution in [0.1, 0.15) is 135 Å². The Bertz CT molecular complexity index is 3240. The first kappa shape index (κ1) is 68.4. The van der Waals surface area contributed by atoms with Gasteiger partial charge in [0, 0.05) is 62.1 Å². The maximum absolute atomic E-state index is 14.3. The Balaban J connectivity index is 0.000000218. The van der Waals surface area contributed by atoms with Crippen molar-refractivity contribution >= 4 is 59.7 Å². The van der Waals surface area contributed by atoms with Gasteiger partial charge in [-0.05, 0) is 110 Å². The maximum atomic E-state index is 14.3. The van der Waals surface area contributed by atoms with Crippen molar-refractivity contribution in [2.75, 3.05) is 46.1 Å². The lowest BCUT2D eigenvalue weighted by molar-refractivity contribution is -0.159. The largest absolute Gasteiger partial charge is 0.479 e. The van der Waals surface area contributed by atoms with Gasteiger partial charge in [-0.15, -0.1) is 0 Å². The van der Waals surface area contributed by atoms with Crippen molar-refractivity contribution in [2.45, 2.75) is 185 Å². The zero-order valence-corrected chi connectivity index (χ0v) is 53.2. The number of esters is 3. The summed E-state index contributed by atoms with van der Waals surface area (Å²) in [6.45, 7) is 13.3. The van der Waals surface area contributed by atoms with E-state index in [1.165, 1.54) is 31.7 Å². The molecule has 0 aromatic heterocycles. The van der Waals surface area contributed by atoms with Gasteiger partial charge in [0.1, 0.15) is 58.2 Å². The number of carboxylic acids is 1. The Morgan fingerprint density at radius 3 is 1.46 bits per heavy atom. The van der Waals surface area contributed by atoms with Gasteiger partial charge in [-0.1, -0.05) is 48.6 Å². The fourth-order valence-corrected chi connectivity index (χ4v) is 12.7. The summed E-state index contributed by atoms with van der Waals surface area (Å²) in [6, 6.07) is 7.03. The highest BCUT2D eigenvalue weighted by Crippen LogP contribution is 2.47. The summed E-state index contributed by atoms with van der Waals surface area (Å²) in [5.41, 5.74) is -2.17. The second-order valence-corrected chi connectivity index (χ2v) is 26.7. The van der Waals surface area contributed by atoms with Crippen molar-refractivity contribution in [1.82, 2.24) is 30.2 Å². The highest BCUT2D eigenvalue weighted by molar-refractivity contribution is 5.97. The average Bonchev–Trinajstić information content (AvgIpc) is 1.59. The summed E-state index contributed by atoms with van der Waals surface area (Å²) in [5.74, 6) is -8.51. The van der Waals surface area contributed by atoms with Crippen LogP contribution in [-0.4, -0.2) is 177 Å². The van der Waals surface area contributed by atoms with Crippen LogP contribution < -0.4 is 10.6 Å². The molecule has 2 saturated heterocycles. The predicted octanol–water partition coefficient (Wildman–Crippen LogP) is 6.32. The molecule has 0 radical (unpaired) electrons. The number of carboxylic acid groups (broad SMARTS) is 1. The summed E-state index contributed by atoms with van der Waals surface area (Å²) in [5, 5.41) is 15.5. The Labute approximate surface area is 532 Å². The number of carbonyl (C=O) groups is 10. The van der Waals surface area contributed by atoms with E-state index in [-0.39, 0.29) is 110 Å². The van der Waals surface area contributed by atoms with Gasteiger partial charge in [-0.3, -0.25) is 38.6 Å². The van der Waals surface area contributed by atoms with E-state index >= 15 is 0 Å². The number of nitrogens with zero attached hydrogens (tertiary/aromatic N) is 4. The van der Waals surface area contributed by atoms with Gasteiger partial charge in [-0.25, -0.2) is 28.0 Å². The molecular weight excluding hydrogens is 1200 g/mol. The van der Waals surface area contributed by atoms with Gasteiger partial charge in [0.2, 0.25) is 23.6 Å². The molecule has 10 rings (SSSR count). The van der Waals surface area contributed by atoms with E-state index in [0.717, 1.165) is 0 Å². The third-order valence-electron chi connectivity index (χ3n) is 17.5. The van der Waals surface area contributed by atoms with E-state index in [1.54, 1.807) is 78.8 Å². The van der Waals surface area contributed by atoms with Crippen molar-refractivity contribution in [1.29, 1.82) is 0 Å². The number of hydrogen-bond acceptors (Lipinski definition) is 17. The van der Waals surface area contributed by atoms with E-state index < -0.39 is 136 Å². The van der Waals surface area contributed by atoms with Gasteiger partial charge >= 0.3 is 36.1 Å². The number of nitrogens with one attached hydrogen (secondary N) is 2. The lowest BCUT2D eigenvalue weighted by Crippen LogP contribution is -2.54. The molecule has 500 valence electrons. The first-order valence-electron chi connectivity index (χ1n) is 31.6. The first-order valence-corrected chi connectivity index (χ1v) is 31.6. The predicted molar refractivity (Wildman–Crippen MR) is 321 cm³/mol. The van der Waals surface area contributed by atoms with E-state index in [9.17, 15) is 61.8 Å². The van der Waals surface area contributed by atoms with Crippen LogP contribution in [-0.2, 0) is 97.7 Å². The zero-order valence-electron chi connectivity index (χ0n) is 53.2. The Morgan fingerprint density at radius 2 is 1.04 bits per heavy atom. The summed E-state index contributed by atoms with van der Waals surface area (Å²) >= 11 is 0. The molecule has 2 aromatic rings. The number of aliphatic carboxylic acids is 1. The molecule has 26 heteroatoms. The quantitative estimate of drug-likeness (QED) is 0.141. The third kappa shape index (κ3) is 16.4. The van der Waals surface area contributed by atoms with Crippen molar-refractivity contribution in [2.24, 2.45) is 23.7 Å². The minimum atomic E-state index is -1.51. The lowest BCUT2D eigenvalue weighted by atomic mass is 9.99. The second-order valence-electron chi connectivity index (χ2n) is 26.7. The van der Waals surface area contributed by atoms with E-state index in [0.29, 0.717) is 54.7 Å². The minimum absolute atomic E-state index is 0.0219. The number of benzene rings is 2. The highest BCUT2D eigenvalue weighted by Gasteiger charge is 2.63. The van der Waals surface area contributed by atoms with E-state index in [4.69, 9.17) is 33.2 Å². The number of amides is 6. The molecule has 3 N–H and O–H groups in total. The molecule has 2 saturated carbocycles. The normalized spacial score (nSPS) is 28.9. The summed E-state index contributed by atoms with van der Waals surface area (Å²) < 4.78 is 67.9. The van der Waals surface area contributed by atoms with Gasteiger partial charge in [0.25, 0.3) is 0 Å². The van der Waals surface area contributed by atoms with Crippen LogP contribution in [0.5, 0.6) is 0 Å². The van der Waals surface area contributed by atoms with Crippen molar-refractivity contribution in [3.63, 3.8) is 0 Å². The lowest BCUT2D eigenvalue weighted by Gasteiger charge is -2.29. The zero-order chi connectivity index (χ0) is 66.5. The van der Waals surface area contributed by atoms with E-state index in [1.807, 2.05) is 18.2 Å². The smallest absolute Gasteiger partial charge is 0.410 e. The second kappa shape index (κ2) is 28.5. The van der Waals surface area contributed by atoms with Crippen molar-refractivity contribution in [3.05, 3.63) is 94.6 Å². The molecule has 10 atom stereocenters. The molecule has 0 unspecified atom stereocenters. The molecule has 2 aliphatic carbocycles. The number of ether oxygens (including phenoxy) is 7. The van der Waals surface area contributed by atoms with Crippen LogP contribution in [0.3, 0.4) is 0 Å². The van der Waals surface area contributed by atoms with Crippen LogP contribution >= 0.6 is 0 Å². The van der Waals surface area contributed by atoms with Gasteiger partial charge in [0.05, 0.1) is 70.7 Å². The van der Waals surface area contributed by atoms with Gasteiger partial charge < -0.3 is 58.7 Å². The van der Waals surface area contributed by atoms with Crippen molar-refractivity contribution < 1.29 is 95.0 Å². The molecule has 6 aliphatic heterocycles. The monoisotopic (exact) mass is 1290 g/mol. The number of carbonyl (C=O) groups excluding carboxylic acids is 9. The van der Waals surface area contributed by atoms with Crippen LogP contribution in [0.2, 0.25) is 0 Å². The number of fused-ring (bicyclic) bond motifs is 6.